The Bertz CT molecular complexity index is 843. The fourth-order valence-electron chi connectivity index (χ4n) is 2.40. The molecule has 0 radical (unpaired) electrons. The standard InChI is InChI=1S/C16H19N5S2/c1-4-9-20-10-17-21(16(20)22)11-19(3)12(2)15-18-13-7-5-6-8-14(13)23-15/h4-8,10,12H,1,9,11H2,2-3H3/p+1/t12-/m0/s1. The van der Waals surface area contributed by atoms with E-state index in [0.29, 0.717) is 13.2 Å². The number of para-hydroxylation sites is 1. The lowest BCUT2D eigenvalue weighted by molar-refractivity contribution is -0.933. The Hall–Kier alpha value is -1.83. The number of hydrogen-bond donors (Lipinski definition) is 1. The van der Waals surface area contributed by atoms with Gasteiger partial charge in [-0.05, 0) is 31.3 Å². The molecule has 0 saturated heterocycles. The highest BCUT2D eigenvalue weighted by atomic mass is 32.1. The number of quaternary nitrogens is 1. The van der Waals surface area contributed by atoms with Crippen molar-refractivity contribution in [2.24, 2.45) is 0 Å². The van der Waals surface area contributed by atoms with Gasteiger partial charge in [0.1, 0.15) is 12.4 Å². The zero-order valence-corrected chi connectivity index (χ0v) is 14.9. The topological polar surface area (TPSA) is 40.1 Å². The summed E-state index contributed by atoms with van der Waals surface area (Å²) in [4.78, 5) is 6.05. The normalized spacial score (nSPS) is 14.0. The molecule has 120 valence electrons. The maximum atomic E-state index is 5.45. The minimum Gasteiger partial charge on any atom is -0.311 e. The summed E-state index contributed by atoms with van der Waals surface area (Å²) in [6, 6.07) is 8.53. The predicted molar refractivity (Wildman–Crippen MR) is 96.2 cm³/mol. The molecule has 3 aromatic rings. The zero-order chi connectivity index (χ0) is 16.4. The fraction of sp³-hybridized carbons (Fsp3) is 0.312. The number of fused-ring (bicyclic) bond motifs is 1. The molecular weight excluding hydrogens is 326 g/mol. The van der Waals surface area contributed by atoms with Crippen molar-refractivity contribution in [1.82, 2.24) is 19.3 Å². The molecule has 1 aromatic carbocycles. The third-order valence-corrected chi connectivity index (χ3v) is 5.61. The molecule has 0 spiro atoms. The molecular formula is C16H20N5S2+. The van der Waals surface area contributed by atoms with Crippen molar-refractivity contribution in [2.75, 3.05) is 7.05 Å². The largest absolute Gasteiger partial charge is 0.311 e. The van der Waals surface area contributed by atoms with Crippen LogP contribution in [0.15, 0.2) is 43.2 Å². The summed E-state index contributed by atoms with van der Waals surface area (Å²) in [7, 11) is 2.14. The summed E-state index contributed by atoms with van der Waals surface area (Å²) in [6.45, 7) is 7.33. The molecule has 0 amide bonds. The van der Waals surface area contributed by atoms with Gasteiger partial charge in [-0.15, -0.1) is 17.9 Å². The van der Waals surface area contributed by atoms with Crippen molar-refractivity contribution in [3.63, 3.8) is 0 Å². The van der Waals surface area contributed by atoms with Gasteiger partial charge in [0, 0.05) is 6.54 Å². The molecule has 0 bridgehead atoms. The van der Waals surface area contributed by atoms with Crippen LogP contribution in [0.2, 0.25) is 0 Å². The molecule has 0 aliphatic rings. The molecule has 2 heterocycles. The molecule has 23 heavy (non-hydrogen) atoms. The van der Waals surface area contributed by atoms with E-state index in [9.17, 15) is 0 Å². The Morgan fingerprint density at radius 2 is 2.22 bits per heavy atom. The zero-order valence-electron chi connectivity index (χ0n) is 13.3. The summed E-state index contributed by atoms with van der Waals surface area (Å²) in [5, 5.41) is 5.52. The van der Waals surface area contributed by atoms with E-state index in [4.69, 9.17) is 17.2 Å². The van der Waals surface area contributed by atoms with E-state index in [2.05, 4.69) is 43.8 Å². The van der Waals surface area contributed by atoms with Crippen LogP contribution in [0.4, 0.5) is 0 Å². The molecule has 0 aliphatic heterocycles. The number of nitrogens with one attached hydrogen (secondary N) is 1. The van der Waals surface area contributed by atoms with Crippen molar-refractivity contribution in [3.8, 4) is 0 Å². The number of aromatic nitrogens is 4. The molecule has 0 fully saturated rings. The van der Waals surface area contributed by atoms with Crippen molar-refractivity contribution in [2.45, 2.75) is 26.2 Å². The average molecular weight is 347 g/mol. The molecule has 0 aliphatic carbocycles. The lowest BCUT2D eigenvalue weighted by Crippen LogP contribution is -3.08. The highest BCUT2D eigenvalue weighted by Gasteiger charge is 2.20. The maximum Gasteiger partial charge on any atom is 0.202 e. The highest BCUT2D eigenvalue weighted by Crippen LogP contribution is 2.24. The second-order valence-electron chi connectivity index (χ2n) is 5.60. The van der Waals surface area contributed by atoms with E-state index in [1.165, 1.54) is 9.60 Å². The van der Waals surface area contributed by atoms with Crippen LogP contribution in [-0.2, 0) is 13.2 Å². The molecule has 5 nitrogen and oxygen atoms in total. The van der Waals surface area contributed by atoms with Crippen molar-refractivity contribution >= 4 is 33.8 Å². The van der Waals surface area contributed by atoms with E-state index < -0.39 is 0 Å². The van der Waals surface area contributed by atoms with Crippen molar-refractivity contribution < 1.29 is 4.90 Å². The van der Waals surface area contributed by atoms with Gasteiger partial charge < -0.3 is 9.47 Å². The number of rotatable bonds is 6. The summed E-state index contributed by atoms with van der Waals surface area (Å²) in [5.74, 6) is 0. The summed E-state index contributed by atoms with van der Waals surface area (Å²) < 4.78 is 5.73. The van der Waals surface area contributed by atoms with E-state index in [0.717, 1.165) is 15.3 Å². The summed E-state index contributed by atoms with van der Waals surface area (Å²) >= 11 is 7.21. The van der Waals surface area contributed by atoms with Gasteiger partial charge in [-0.3, -0.25) is 0 Å². The average Bonchev–Trinajstić information content (AvgIpc) is 3.12. The van der Waals surface area contributed by atoms with Crippen LogP contribution in [0.1, 0.15) is 18.0 Å². The van der Waals surface area contributed by atoms with Gasteiger partial charge in [0.15, 0.2) is 11.7 Å². The monoisotopic (exact) mass is 346 g/mol. The Kier molecular flexibility index (Phi) is 4.70. The second kappa shape index (κ2) is 6.74. The fourth-order valence-corrected chi connectivity index (χ4v) is 3.75. The first kappa shape index (κ1) is 16.0. The predicted octanol–water partition coefficient (Wildman–Crippen LogP) is 2.44. The Morgan fingerprint density at radius 1 is 1.43 bits per heavy atom. The van der Waals surface area contributed by atoms with Crippen LogP contribution >= 0.6 is 23.6 Å². The van der Waals surface area contributed by atoms with Gasteiger partial charge in [0.2, 0.25) is 4.77 Å². The SMILES string of the molecule is C=CCn1cnn(C[NH+](C)[C@@H](C)c2nc3ccccc3s2)c1=S. The van der Waals surface area contributed by atoms with Crippen LogP contribution in [-0.4, -0.2) is 26.4 Å². The molecule has 7 heteroatoms. The summed E-state index contributed by atoms with van der Waals surface area (Å²) in [6.07, 6.45) is 3.59. The van der Waals surface area contributed by atoms with Gasteiger partial charge in [-0.25, -0.2) is 4.98 Å². The third kappa shape index (κ3) is 3.26. The number of benzene rings is 1. The Balaban J connectivity index is 1.78. The highest BCUT2D eigenvalue weighted by molar-refractivity contribution is 7.71. The number of allylic oxidation sites excluding steroid dienone is 1. The lowest BCUT2D eigenvalue weighted by Gasteiger charge is -2.19. The number of nitrogens with zero attached hydrogens (tertiary/aromatic N) is 4. The van der Waals surface area contributed by atoms with Crippen LogP contribution < -0.4 is 4.90 Å². The van der Waals surface area contributed by atoms with Crippen molar-refractivity contribution in [1.29, 1.82) is 0 Å². The first-order chi connectivity index (χ1) is 11.1. The van der Waals surface area contributed by atoms with Gasteiger partial charge in [-0.2, -0.15) is 9.78 Å². The first-order valence-electron chi connectivity index (χ1n) is 7.51. The lowest BCUT2D eigenvalue weighted by atomic mass is 10.3. The number of thiazole rings is 1. The van der Waals surface area contributed by atoms with Crippen LogP contribution in [0, 0.1) is 4.77 Å². The molecule has 2 atom stereocenters. The molecule has 2 aromatic heterocycles. The minimum atomic E-state index is 0.277. The van der Waals surface area contributed by atoms with E-state index >= 15 is 0 Å². The van der Waals surface area contributed by atoms with E-state index in [1.807, 2.05) is 21.4 Å². The van der Waals surface area contributed by atoms with E-state index in [-0.39, 0.29) is 6.04 Å². The van der Waals surface area contributed by atoms with Crippen molar-refractivity contribution in [3.05, 3.63) is 53.0 Å². The molecule has 0 saturated carbocycles. The van der Waals surface area contributed by atoms with E-state index in [1.54, 1.807) is 17.7 Å². The molecule has 1 N–H and O–H groups in total. The second-order valence-corrected chi connectivity index (χ2v) is 7.03. The van der Waals surface area contributed by atoms with Gasteiger partial charge in [0.05, 0.1) is 17.3 Å². The quantitative estimate of drug-likeness (QED) is 0.550. The van der Waals surface area contributed by atoms with Gasteiger partial charge >= 0.3 is 0 Å². The summed E-state index contributed by atoms with van der Waals surface area (Å²) in [5.41, 5.74) is 1.07. The van der Waals surface area contributed by atoms with Gasteiger partial charge in [0.25, 0.3) is 0 Å². The maximum absolute atomic E-state index is 5.45. The third-order valence-electron chi connectivity index (χ3n) is 3.94. The molecule has 1 unspecified atom stereocenters. The van der Waals surface area contributed by atoms with Crippen LogP contribution in [0.5, 0.6) is 0 Å². The number of hydrogen-bond acceptors (Lipinski definition) is 4. The molecule has 3 rings (SSSR count). The van der Waals surface area contributed by atoms with Crippen LogP contribution in [0.25, 0.3) is 10.2 Å². The minimum absolute atomic E-state index is 0.277. The van der Waals surface area contributed by atoms with Gasteiger partial charge in [-0.1, -0.05) is 18.2 Å². The van der Waals surface area contributed by atoms with Crippen LogP contribution in [0.3, 0.4) is 0 Å². The Morgan fingerprint density at radius 3 is 2.96 bits per heavy atom. The first-order valence-corrected chi connectivity index (χ1v) is 8.73. The smallest absolute Gasteiger partial charge is 0.202 e. The Labute approximate surface area is 144 Å².